The lowest BCUT2D eigenvalue weighted by atomic mass is 10.1. The SMILES string of the molecule is CC(N)Cc1ccccc1OC(C)C(=O)N(C)C. The van der Waals surface area contributed by atoms with Crippen molar-refractivity contribution in [3.05, 3.63) is 29.8 Å². The van der Waals surface area contributed by atoms with Crippen LogP contribution in [0.4, 0.5) is 0 Å². The van der Waals surface area contributed by atoms with Crippen LogP contribution < -0.4 is 10.5 Å². The fourth-order valence-corrected chi connectivity index (χ4v) is 1.74. The highest BCUT2D eigenvalue weighted by molar-refractivity contribution is 5.80. The Morgan fingerprint density at radius 3 is 2.50 bits per heavy atom. The molecule has 0 aliphatic rings. The Kier molecular flexibility index (Phi) is 5.16. The molecule has 4 heteroatoms. The maximum Gasteiger partial charge on any atom is 0.262 e. The normalized spacial score (nSPS) is 13.8. The van der Waals surface area contributed by atoms with Crippen molar-refractivity contribution in [1.82, 2.24) is 4.90 Å². The molecule has 0 aliphatic carbocycles. The molecule has 2 unspecified atom stereocenters. The van der Waals surface area contributed by atoms with Gasteiger partial charge in [-0.1, -0.05) is 18.2 Å². The van der Waals surface area contributed by atoms with Crippen LogP contribution >= 0.6 is 0 Å². The minimum absolute atomic E-state index is 0.0504. The van der Waals surface area contributed by atoms with Crippen LogP contribution in [0.15, 0.2) is 24.3 Å². The summed E-state index contributed by atoms with van der Waals surface area (Å²) in [6.45, 7) is 3.70. The Hall–Kier alpha value is -1.55. The van der Waals surface area contributed by atoms with Gasteiger partial charge in [0.05, 0.1) is 0 Å². The molecule has 0 aliphatic heterocycles. The predicted molar refractivity (Wildman–Crippen MR) is 72.6 cm³/mol. The van der Waals surface area contributed by atoms with E-state index in [4.69, 9.17) is 10.5 Å². The van der Waals surface area contributed by atoms with Crippen LogP contribution in [-0.4, -0.2) is 37.0 Å². The summed E-state index contributed by atoms with van der Waals surface area (Å²) in [6, 6.07) is 7.76. The Labute approximate surface area is 109 Å². The van der Waals surface area contributed by atoms with Gasteiger partial charge in [-0.25, -0.2) is 0 Å². The number of likely N-dealkylation sites (N-methyl/N-ethyl adjacent to an activating group) is 1. The summed E-state index contributed by atoms with van der Waals surface area (Å²) < 4.78 is 5.72. The van der Waals surface area contributed by atoms with Crippen molar-refractivity contribution >= 4 is 5.91 Å². The molecule has 0 saturated heterocycles. The number of rotatable bonds is 5. The molecule has 1 rings (SSSR count). The molecular weight excluding hydrogens is 228 g/mol. The van der Waals surface area contributed by atoms with Crippen molar-refractivity contribution in [2.75, 3.05) is 14.1 Å². The summed E-state index contributed by atoms with van der Waals surface area (Å²) in [5.41, 5.74) is 6.83. The number of hydrogen-bond acceptors (Lipinski definition) is 3. The third kappa shape index (κ3) is 4.04. The molecule has 0 heterocycles. The number of nitrogens with two attached hydrogens (primary N) is 1. The maximum atomic E-state index is 11.8. The van der Waals surface area contributed by atoms with Crippen LogP contribution in [-0.2, 0) is 11.2 Å². The van der Waals surface area contributed by atoms with E-state index < -0.39 is 6.10 Å². The number of benzene rings is 1. The summed E-state index contributed by atoms with van der Waals surface area (Å²) in [5.74, 6) is 0.683. The Balaban J connectivity index is 2.80. The first kappa shape index (κ1) is 14.5. The first-order chi connectivity index (χ1) is 8.41. The molecule has 0 spiro atoms. The number of hydrogen-bond donors (Lipinski definition) is 1. The lowest BCUT2D eigenvalue weighted by molar-refractivity contribution is -0.135. The van der Waals surface area contributed by atoms with Crippen LogP contribution in [0, 0.1) is 0 Å². The molecule has 0 aromatic heterocycles. The van der Waals surface area contributed by atoms with Crippen LogP contribution in [0.2, 0.25) is 0 Å². The van der Waals surface area contributed by atoms with Crippen molar-refractivity contribution < 1.29 is 9.53 Å². The quantitative estimate of drug-likeness (QED) is 0.860. The molecule has 2 N–H and O–H groups in total. The van der Waals surface area contributed by atoms with Gasteiger partial charge in [-0.3, -0.25) is 4.79 Å². The van der Waals surface area contributed by atoms with Gasteiger partial charge in [0, 0.05) is 20.1 Å². The largest absolute Gasteiger partial charge is 0.481 e. The minimum Gasteiger partial charge on any atom is -0.481 e. The topological polar surface area (TPSA) is 55.6 Å². The van der Waals surface area contributed by atoms with Crippen molar-refractivity contribution in [2.24, 2.45) is 5.73 Å². The fraction of sp³-hybridized carbons (Fsp3) is 0.500. The first-order valence-electron chi connectivity index (χ1n) is 6.13. The molecule has 0 bridgehead atoms. The molecule has 4 nitrogen and oxygen atoms in total. The zero-order valence-corrected chi connectivity index (χ0v) is 11.5. The molecule has 1 aromatic carbocycles. The van der Waals surface area contributed by atoms with E-state index in [0.29, 0.717) is 0 Å². The van der Waals surface area contributed by atoms with Crippen molar-refractivity contribution in [2.45, 2.75) is 32.4 Å². The molecule has 0 fully saturated rings. The van der Waals surface area contributed by atoms with Gasteiger partial charge in [-0.05, 0) is 31.9 Å². The number of ether oxygens (including phenoxy) is 1. The number of amides is 1. The Morgan fingerprint density at radius 2 is 1.94 bits per heavy atom. The Morgan fingerprint density at radius 1 is 1.33 bits per heavy atom. The smallest absolute Gasteiger partial charge is 0.262 e. The van der Waals surface area contributed by atoms with E-state index in [1.807, 2.05) is 31.2 Å². The number of carbonyl (C=O) groups excluding carboxylic acids is 1. The summed E-state index contributed by atoms with van der Waals surface area (Å²) in [4.78, 5) is 13.3. The summed E-state index contributed by atoms with van der Waals surface area (Å²) in [6.07, 6.45) is 0.244. The van der Waals surface area contributed by atoms with Gasteiger partial charge in [0.2, 0.25) is 0 Å². The second-order valence-electron chi connectivity index (χ2n) is 4.78. The summed E-state index contributed by atoms with van der Waals surface area (Å²) in [7, 11) is 3.44. The molecule has 18 heavy (non-hydrogen) atoms. The van der Waals surface area contributed by atoms with Gasteiger partial charge in [-0.15, -0.1) is 0 Å². The zero-order chi connectivity index (χ0) is 13.7. The van der Waals surface area contributed by atoms with Gasteiger partial charge < -0.3 is 15.4 Å². The monoisotopic (exact) mass is 250 g/mol. The first-order valence-corrected chi connectivity index (χ1v) is 6.13. The van der Waals surface area contributed by atoms with Crippen molar-refractivity contribution in [1.29, 1.82) is 0 Å². The van der Waals surface area contributed by atoms with E-state index >= 15 is 0 Å². The lowest BCUT2D eigenvalue weighted by Gasteiger charge is -2.20. The van der Waals surface area contributed by atoms with Crippen LogP contribution in [0.1, 0.15) is 19.4 Å². The highest BCUT2D eigenvalue weighted by Crippen LogP contribution is 2.20. The van der Waals surface area contributed by atoms with E-state index in [0.717, 1.165) is 17.7 Å². The molecule has 0 radical (unpaired) electrons. The average molecular weight is 250 g/mol. The maximum absolute atomic E-state index is 11.8. The van der Waals surface area contributed by atoms with Crippen LogP contribution in [0.5, 0.6) is 5.75 Å². The Bertz CT molecular complexity index is 403. The van der Waals surface area contributed by atoms with E-state index in [-0.39, 0.29) is 11.9 Å². The fourth-order valence-electron chi connectivity index (χ4n) is 1.74. The van der Waals surface area contributed by atoms with E-state index in [1.165, 1.54) is 4.90 Å². The van der Waals surface area contributed by atoms with Crippen molar-refractivity contribution in [3.8, 4) is 5.75 Å². The third-order valence-corrected chi connectivity index (χ3v) is 2.61. The molecule has 1 aromatic rings. The second kappa shape index (κ2) is 6.40. The van der Waals surface area contributed by atoms with Gasteiger partial charge in [0.25, 0.3) is 5.91 Å². The summed E-state index contributed by atoms with van der Waals surface area (Å²) in [5, 5.41) is 0. The van der Waals surface area contributed by atoms with Gasteiger partial charge in [0.1, 0.15) is 5.75 Å². The third-order valence-electron chi connectivity index (χ3n) is 2.61. The summed E-state index contributed by atoms with van der Waals surface area (Å²) >= 11 is 0. The zero-order valence-electron chi connectivity index (χ0n) is 11.5. The highest BCUT2D eigenvalue weighted by atomic mass is 16.5. The van der Waals surface area contributed by atoms with Crippen LogP contribution in [0.25, 0.3) is 0 Å². The highest BCUT2D eigenvalue weighted by Gasteiger charge is 2.17. The second-order valence-corrected chi connectivity index (χ2v) is 4.78. The minimum atomic E-state index is -0.491. The lowest BCUT2D eigenvalue weighted by Crippen LogP contribution is -2.35. The number of para-hydroxylation sites is 1. The standard InChI is InChI=1S/C14H22N2O2/c1-10(15)9-12-7-5-6-8-13(12)18-11(2)14(17)16(3)4/h5-8,10-11H,9,15H2,1-4H3. The van der Waals surface area contributed by atoms with Gasteiger partial charge in [0.15, 0.2) is 6.10 Å². The molecule has 2 atom stereocenters. The average Bonchev–Trinajstić information content (AvgIpc) is 2.29. The number of carbonyl (C=O) groups is 1. The van der Waals surface area contributed by atoms with Gasteiger partial charge >= 0.3 is 0 Å². The number of nitrogens with zero attached hydrogens (tertiary/aromatic N) is 1. The molecule has 1 amide bonds. The molecular formula is C14H22N2O2. The van der Waals surface area contributed by atoms with E-state index in [9.17, 15) is 4.79 Å². The molecule has 0 saturated carbocycles. The van der Waals surface area contributed by atoms with Crippen molar-refractivity contribution in [3.63, 3.8) is 0 Å². The van der Waals surface area contributed by atoms with E-state index in [2.05, 4.69) is 0 Å². The van der Waals surface area contributed by atoms with Gasteiger partial charge in [-0.2, -0.15) is 0 Å². The van der Waals surface area contributed by atoms with Crippen LogP contribution in [0.3, 0.4) is 0 Å². The predicted octanol–water partition coefficient (Wildman–Crippen LogP) is 1.43. The van der Waals surface area contributed by atoms with E-state index in [1.54, 1.807) is 21.0 Å². The molecule has 100 valence electrons.